The van der Waals surface area contributed by atoms with Crippen LogP contribution in [0.1, 0.15) is 18.2 Å². The van der Waals surface area contributed by atoms with E-state index in [2.05, 4.69) is 68.0 Å². The van der Waals surface area contributed by atoms with Crippen molar-refractivity contribution in [3.05, 3.63) is 71.9 Å². The summed E-state index contributed by atoms with van der Waals surface area (Å²) >= 11 is 0. The van der Waals surface area contributed by atoms with Gasteiger partial charge in [0.1, 0.15) is 6.07 Å². The van der Waals surface area contributed by atoms with Gasteiger partial charge in [-0.25, -0.2) is 0 Å². The number of rotatable bonds is 6. The first kappa shape index (κ1) is 25.4. The van der Waals surface area contributed by atoms with Gasteiger partial charge in [-0.3, -0.25) is 9.97 Å². The number of aromatic nitrogens is 2. The molecular formula is C30H36N8O. The number of anilines is 2. The third-order valence-electron chi connectivity index (χ3n) is 8.35. The zero-order valence-electron chi connectivity index (χ0n) is 22.7. The van der Waals surface area contributed by atoms with Gasteiger partial charge in [0.2, 0.25) is 0 Å². The maximum atomic E-state index is 9.55. The Morgan fingerprint density at radius 2 is 1.97 bits per heavy atom. The number of benzene rings is 1. The minimum absolute atomic E-state index is 0.0344. The van der Waals surface area contributed by atoms with Gasteiger partial charge in [0, 0.05) is 93.7 Å². The van der Waals surface area contributed by atoms with Gasteiger partial charge in [0.25, 0.3) is 0 Å². The van der Waals surface area contributed by atoms with Gasteiger partial charge in [-0.1, -0.05) is 0 Å². The molecule has 2 fully saturated rings. The van der Waals surface area contributed by atoms with E-state index in [4.69, 9.17) is 15.5 Å². The number of hydrogen-bond acceptors (Lipinski definition) is 9. The van der Waals surface area contributed by atoms with Crippen molar-refractivity contribution in [1.29, 1.82) is 5.26 Å². The molecule has 0 radical (unpaired) electrons. The molecule has 2 N–H and O–H groups in total. The van der Waals surface area contributed by atoms with Crippen molar-refractivity contribution in [2.24, 2.45) is 5.73 Å². The summed E-state index contributed by atoms with van der Waals surface area (Å²) in [5.74, 6) is 0. The molecule has 39 heavy (non-hydrogen) atoms. The van der Waals surface area contributed by atoms with Crippen LogP contribution in [0.2, 0.25) is 0 Å². The molecule has 6 rings (SSSR count). The molecule has 0 saturated carbocycles. The second kappa shape index (κ2) is 10.7. The number of nitriles is 1. The predicted molar refractivity (Wildman–Crippen MR) is 153 cm³/mol. The fraction of sp³-hybridized carbons (Fsp3) is 0.433. The molecule has 0 aliphatic carbocycles. The van der Waals surface area contributed by atoms with Crippen LogP contribution in [0.3, 0.4) is 0 Å². The standard InChI is InChI=1S/C30H36N8O/c1-21-16-37(28-8-5-22(14-31)30-26(28)4-3-10-33-30)18-25-17-35(12-13-38(21)25)11-9-23-6-7-24(15-34-23)36-19-27(32)29(20-36)39-2/h3-8,10,15,17,21,27,29H,9,11-13,16,18-20,32H2,1-2H3/t21-,27-,29-/m1/s1. The number of ether oxygens (including phenoxy) is 1. The van der Waals surface area contributed by atoms with Gasteiger partial charge < -0.3 is 30.1 Å². The second-order valence-electron chi connectivity index (χ2n) is 10.8. The van der Waals surface area contributed by atoms with E-state index in [1.165, 1.54) is 5.70 Å². The Hall–Kier alpha value is -3.87. The fourth-order valence-electron chi connectivity index (χ4n) is 6.19. The molecule has 202 valence electrons. The zero-order valence-corrected chi connectivity index (χ0v) is 22.7. The lowest BCUT2D eigenvalue weighted by Gasteiger charge is -2.47. The highest BCUT2D eigenvalue weighted by Gasteiger charge is 2.32. The molecule has 0 unspecified atom stereocenters. The number of piperazine rings is 1. The van der Waals surface area contributed by atoms with Crippen LogP contribution in [0.15, 0.2) is 60.7 Å². The maximum Gasteiger partial charge on any atom is 0.101 e. The molecule has 9 heteroatoms. The average molecular weight is 525 g/mol. The minimum atomic E-state index is 0.0344. The number of nitrogens with zero attached hydrogens (tertiary/aromatic N) is 7. The van der Waals surface area contributed by atoms with Crippen molar-refractivity contribution < 1.29 is 4.74 Å². The molecule has 2 aromatic heterocycles. The predicted octanol–water partition coefficient (Wildman–Crippen LogP) is 2.57. The fourth-order valence-corrected chi connectivity index (χ4v) is 6.19. The van der Waals surface area contributed by atoms with E-state index >= 15 is 0 Å². The number of hydrogen-bond donors (Lipinski definition) is 1. The summed E-state index contributed by atoms with van der Waals surface area (Å²) < 4.78 is 5.49. The van der Waals surface area contributed by atoms with Gasteiger partial charge >= 0.3 is 0 Å². The summed E-state index contributed by atoms with van der Waals surface area (Å²) in [7, 11) is 1.72. The van der Waals surface area contributed by atoms with Crippen LogP contribution in [0, 0.1) is 11.3 Å². The van der Waals surface area contributed by atoms with Crippen LogP contribution in [-0.2, 0) is 11.2 Å². The molecule has 3 aromatic rings. The highest BCUT2D eigenvalue weighted by atomic mass is 16.5. The zero-order chi connectivity index (χ0) is 26.9. The summed E-state index contributed by atoms with van der Waals surface area (Å²) in [5, 5.41) is 10.6. The second-order valence-corrected chi connectivity index (χ2v) is 10.8. The number of methoxy groups -OCH3 is 1. The van der Waals surface area contributed by atoms with Crippen LogP contribution < -0.4 is 15.5 Å². The molecule has 0 bridgehead atoms. The first-order valence-corrected chi connectivity index (χ1v) is 13.8. The summed E-state index contributed by atoms with van der Waals surface area (Å²) in [4.78, 5) is 18.9. The van der Waals surface area contributed by atoms with Crippen LogP contribution in [0.4, 0.5) is 11.4 Å². The topological polar surface area (TPSA) is 97.8 Å². The first-order chi connectivity index (χ1) is 19.0. The Balaban J connectivity index is 1.13. The summed E-state index contributed by atoms with van der Waals surface area (Å²) in [6, 6.07) is 15.0. The van der Waals surface area contributed by atoms with Crippen molar-refractivity contribution in [2.75, 3.05) is 62.7 Å². The van der Waals surface area contributed by atoms with Crippen molar-refractivity contribution in [1.82, 2.24) is 19.8 Å². The Morgan fingerprint density at radius 3 is 2.74 bits per heavy atom. The van der Waals surface area contributed by atoms with E-state index in [1.54, 1.807) is 13.3 Å². The number of pyridine rings is 2. The van der Waals surface area contributed by atoms with Crippen molar-refractivity contribution in [2.45, 2.75) is 31.5 Å². The van der Waals surface area contributed by atoms with Crippen LogP contribution >= 0.6 is 0 Å². The van der Waals surface area contributed by atoms with E-state index in [0.29, 0.717) is 11.6 Å². The maximum absolute atomic E-state index is 9.55. The lowest BCUT2D eigenvalue weighted by atomic mass is 10.0. The normalized spacial score (nSPS) is 23.1. The average Bonchev–Trinajstić information content (AvgIpc) is 3.36. The Morgan fingerprint density at radius 1 is 1.08 bits per heavy atom. The minimum Gasteiger partial charge on any atom is -0.378 e. The molecule has 3 aliphatic heterocycles. The monoisotopic (exact) mass is 524 g/mol. The largest absolute Gasteiger partial charge is 0.378 e. The van der Waals surface area contributed by atoms with Gasteiger partial charge in [-0.2, -0.15) is 5.26 Å². The quantitative estimate of drug-likeness (QED) is 0.522. The lowest BCUT2D eigenvalue weighted by molar-refractivity contribution is 0.108. The van der Waals surface area contributed by atoms with Crippen LogP contribution in [0.25, 0.3) is 10.9 Å². The lowest BCUT2D eigenvalue weighted by Crippen LogP contribution is -2.54. The van der Waals surface area contributed by atoms with Crippen molar-refractivity contribution in [3.8, 4) is 6.07 Å². The molecular weight excluding hydrogens is 488 g/mol. The third kappa shape index (κ3) is 4.98. The van der Waals surface area contributed by atoms with Crippen molar-refractivity contribution in [3.63, 3.8) is 0 Å². The highest BCUT2D eigenvalue weighted by Crippen LogP contribution is 2.32. The molecule has 3 atom stereocenters. The summed E-state index contributed by atoms with van der Waals surface area (Å²) in [6.07, 6.45) is 7.03. The van der Waals surface area contributed by atoms with Gasteiger partial charge in [-0.05, 0) is 43.3 Å². The van der Waals surface area contributed by atoms with E-state index < -0.39 is 0 Å². The van der Waals surface area contributed by atoms with Crippen LogP contribution in [0.5, 0.6) is 0 Å². The SMILES string of the molecule is CO[C@@H]1CN(c2ccc(CCN3C=C4CN(c5ccc(C#N)c6ncccc56)C[C@@H](C)N4CC3)nc2)C[C@H]1N. The van der Waals surface area contributed by atoms with E-state index in [-0.39, 0.29) is 12.1 Å². The van der Waals surface area contributed by atoms with Crippen LogP contribution in [-0.4, -0.2) is 90.9 Å². The van der Waals surface area contributed by atoms with E-state index in [9.17, 15) is 5.26 Å². The molecule has 0 amide bonds. The molecule has 0 spiro atoms. The van der Waals surface area contributed by atoms with E-state index in [1.807, 2.05) is 18.3 Å². The van der Waals surface area contributed by atoms with Gasteiger partial charge in [-0.15, -0.1) is 0 Å². The first-order valence-electron chi connectivity index (χ1n) is 13.8. The van der Waals surface area contributed by atoms with Gasteiger partial charge in [0.15, 0.2) is 0 Å². The molecule has 5 heterocycles. The molecule has 9 nitrogen and oxygen atoms in total. The Bertz CT molecular complexity index is 1400. The molecule has 2 saturated heterocycles. The molecule has 1 aromatic carbocycles. The smallest absolute Gasteiger partial charge is 0.101 e. The Labute approximate surface area is 230 Å². The van der Waals surface area contributed by atoms with Crippen molar-refractivity contribution >= 4 is 22.3 Å². The van der Waals surface area contributed by atoms with E-state index in [0.717, 1.165) is 80.2 Å². The molecule has 3 aliphatic rings. The number of nitrogens with two attached hydrogens (primary N) is 1. The summed E-state index contributed by atoms with van der Waals surface area (Å²) in [5.41, 5.74) is 12.3. The number of fused-ring (bicyclic) bond motifs is 2. The third-order valence-corrected chi connectivity index (χ3v) is 8.35. The Kier molecular flexibility index (Phi) is 6.98. The highest BCUT2D eigenvalue weighted by molar-refractivity contribution is 5.95. The van der Waals surface area contributed by atoms with Gasteiger partial charge in [0.05, 0.1) is 41.7 Å². The summed E-state index contributed by atoms with van der Waals surface area (Å²) in [6.45, 7) is 8.65.